The minimum Gasteiger partial charge on any atom is -0.461 e. The van der Waals surface area contributed by atoms with Crippen LogP contribution in [0.3, 0.4) is 0 Å². The van der Waals surface area contributed by atoms with E-state index in [1.807, 2.05) is 19.2 Å². The Kier molecular flexibility index (Phi) is 4.71. The quantitative estimate of drug-likeness (QED) is 0.754. The summed E-state index contributed by atoms with van der Waals surface area (Å²) < 4.78 is 7.65. The summed E-state index contributed by atoms with van der Waals surface area (Å²) in [5.41, 5.74) is 2.69. The number of amides is 1. The van der Waals surface area contributed by atoms with Crippen LogP contribution in [-0.4, -0.2) is 39.7 Å². The van der Waals surface area contributed by atoms with Gasteiger partial charge in [-0.25, -0.2) is 4.79 Å². The number of benzene rings is 1. The van der Waals surface area contributed by atoms with E-state index in [-0.39, 0.29) is 5.91 Å². The Hall–Kier alpha value is -2.15. The molecule has 0 radical (unpaired) electrons. The van der Waals surface area contributed by atoms with Crippen LogP contribution in [0.25, 0.3) is 0 Å². The van der Waals surface area contributed by atoms with Gasteiger partial charge < -0.3 is 9.64 Å². The number of halogens is 1. The number of carbonyl (C=O) groups excluding carboxylic acids is 2. The lowest BCUT2D eigenvalue weighted by Gasteiger charge is -2.27. The van der Waals surface area contributed by atoms with Gasteiger partial charge in [-0.05, 0) is 25.1 Å². The lowest BCUT2D eigenvalue weighted by Crippen LogP contribution is -2.36. The molecule has 1 amide bonds. The minimum absolute atomic E-state index is 0.0550. The van der Waals surface area contributed by atoms with Gasteiger partial charge in [0.2, 0.25) is 0 Å². The van der Waals surface area contributed by atoms with Crippen molar-refractivity contribution in [3.63, 3.8) is 0 Å². The molecule has 0 fully saturated rings. The molecule has 3 rings (SSSR count). The lowest BCUT2D eigenvalue weighted by molar-refractivity contribution is 0.0513. The molecule has 0 aliphatic carbocycles. The van der Waals surface area contributed by atoms with E-state index in [9.17, 15) is 9.59 Å². The summed E-state index contributed by atoms with van der Waals surface area (Å²) in [6.45, 7) is 3.02. The first kappa shape index (κ1) is 16.7. The number of hydrogen-bond acceptors (Lipinski definition) is 4. The monoisotopic (exact) mass is 391 g/mol. The normalized spacial score (nSPS) is 13.5. The molecule has 1 aliphatic rings. The van der Waals surface area contributed by atoms with Gasteiger partial charge in [0.25, 0.3) is 5.91 Å². The van der Waals surface area contributed by atoms with Gasteiger partial charge in [0, 0.05) is 41.3 Å². The third kappa shape index (κ3) is 3.08. The Morgan fingerprint density at radius 2 is 2.17 bits per heavy atom. The summed E-state index contributed by atoms with van der Waals surface area (Å²) in [5, 5.41) is 4.29. The molecule has 126 valence electrons. The number of carbonyl (C=O) groups is 2. The maximum absolute atomic E-state index is 12.7. The van der Waals surface area contributed by atoms with Crippen molar-refractivity contribution in [2.75, 3.05) is 13.2 Å². The Morgan fingerprint density at radius 3 is 2.88 bits per heavy atom. The Labute approximate surface area is 148 Å². The second-order valence-electron chi connectivity index (χ2n) is 5.60. The molecule has 1 aromatic carbocycles. The van der Waals surface area contributed by atoms with Crippen molar-refractivity contribution in [2.45, 2.75) is 19.9 Å². The van der Waals surface area contributed by atoms with Crippen LogP contribution >= 0.6 is 15.9 Å². The summed E-state index contributed by atoms with van der Waals surface area (Å²) in [5.74, 6) is -0.494. The van der Waals surface area contributed by atoms with E-state index in [4.69, 9.17) is 4.74 Å². The summed E-state index contributed by atoms with van der Waals surface area (Å²) in [7, 11) is 1.81. The van der Waals surface area contributed by atoms with E-state index >= 15 is 0 Å². The summed E-state index contributed by atoms with van der Waals surface area (Å²) in [6.07, 6.45) is 0.665. The first-order valence-electron chi connectivity index (χ1n) is 7.78. The van der Waals surface area contributed by atoms with Gasteiger partial charge in [0.05, 0.1) is 13.2 Å². The molecule has 0 unspecified atom stereocenters. The molecule has 2 aromatic rings. The number of aromatic nitrogens is 2. The van der Waals surface area contributed by atoms with Gasteiger partial charge in [-0.3, -0.25) is 9.48 Å². The third-order valence-electron chi connectivity index (χ3n) is 4.07. The van der Waals surface area contributed by atoms with Gasteiger partial charge in [-0.15, -0.1) is 0 Å². The minimum atomic E-state index is -0.439. The van der Waals surface area contributed by atoms with Gasteiger partial charge in [-0.2, -0.15) is 5.10 Å². The van der Waals surface area contributed by atoms with Crippen molar-refractivity contribution >= 4 is 27.8 Å². The highest BCUT2D eigenvalue weighted by Gasteiger charge is 2.30. The smallest absolute Gasteiger partial charge is 0.359 e. The summed E-state index contributed by atoms with van der Waals surface area (Å²) in [4.78, 5) is 26.6. The van der Waals surface area contributed by atoms with Crippen LogP contribution in [0, 0.1) is 0 Å². The van der Waals surface area contributed by atoms with Crippen LogP contribution in [0.15, 0.2) is 28.7 Å². The van der Waals surface area contributed by atoms with Gasteiger partial charge in [0.15, 0.2) is 5.69 Å². The maximum atomic E-state index is 12.7. The van der Waals surface area contributed by atoms with E-state index < -0.39 is 5.97 Å². The number of fused-ring (bicyclic) bond motifs is 1. The number of hydrogen-bond donors (Lipinski definition) is 0. The van der Waals surface area contributed by atoms with Crippen molar-refractivity contribution in [3.05, 3.63) is 51.3 Å². The largest absolute Gasteiger partial charge is 0.461 e. The van der Waals surface area contributed by atoms with Crippen LogP contribution in [0.5, 0.6) is 0 Å². The van der Waals surface area contributed by atoms with Crippen molar-refractivity contribution < 1.29 is 14.3 Å². The van der Waals surface area contributed by atoms with E-state index in [2.05, 4.69) is 21.0 Å². The maximum Gasteiger partial charge on any atom is 0.359 e. The zero-order valence-electron chi connectivity index (χ0n) is 13.6. The number of aryl methyl sites for hydroxylation is 1. The second-order valence-corrected chi connectivity index (χ2v) is 6.52. The molecule has 0 bridgehead atoms. The van der Waals surface area contributed by atoms with Gasteiger partial charge >= 0.3 is 5.97 Å². The Bertz CT molecular complexity index is 800. The summed E-state index contributed by atoms with van der Waals surface area (Å²) >= 11 is 3.39. The SMILES string of the molecule is CCOC(=O)c1nn(C)c2c1CN(C(=O)c1cccc(Br)c1)CC2. The molecule has 0 spiro atoms. The predicted molar refractivity (Wildman–Crippen MR) is 91.8 cm³/mol. The number of nitrogens with zero attached hydrogens (tertiary/aromatic N) is 3. The molecule has 6 nitrogen and oxygen atoms in total. The number of ether oxygens (including phenoxy) is 1. The fourth-order valence-corrected chi connectivity index (χ4v) is 3.33. The average Bonchev–Trinajstić information content (AvgIpc) is 2.91. The van der Waals surface area contributed by atoms with Crippen molar-refractivity contribution in [3.8, 4) is 0 Å². The Morgan fingerprint density at radius 1 is 1.38 bits per heavy atom. The number of rotatable bonds is 3. The predicted octanol–water partition coefficient (Wildman–Crippen LogP) is 2.56. The van der Waals surface area contributed by atoms with Crippen LogP contribution < -0.4 is 0 Å². The van der Waals surface area contributed by atoms with Crippen LogP contribution in [0.4, 0.5) is 0 Å². The van der Waals surface area contributed by atoms with Crippen LogP contribution in [0.1, 0.15) is 39.0 Å². The third-order valence-corrected chi connectivity index (χ3v) is 4.56. The first-order valence-corrected chi connectivity index (χ1v) is 8.57. The van der Waals surface area contributed by atoms with Crippen LogP contribution in [0.2, 0.25) is 0 Å². The molecule has 0 saturated heterocycles. The zero-order chi connectivity index (χ0) is 17.3. The molecular weight excluding hydrogens is 374 g/mol. The average molecular weight is 392 g/mol. The lowest BCUT2D eigenvalue weighted by atomic mass is 10.0. The molecule has 1 aliphatic heterocycles. The van der Waals surface area contributed by atoms with Crippen molar-refractivity contribution in [1.82, 2.24) is 14.7 Å². The molecule has 0 N–H and O–H groups in total. The molecule has 0 atom stereocenters. The van der Waals surface area contributed by atoms with E-state index in [1.165, 1.54) is 0 Å². The fourth-order valence-electron chi connectivity index (χ4n) is 2.93. The van der Waals surface area contributed by atoms with E-state index in [0.29, 0.717) is 37.4 Å². The van der Waals surface area contributed by atoms with Crippen molar-refractivity contribution in [1.29, 1.82) is 0 Å². The number of esters is 1. The first-order chi connectivity index (χ1) is 11.5. The Balaban J connectivity index is 1.88. The highest BCUT2D eigenvalue weighted by molar-refractivity contribution is 9.10. The highest BCUT2D eigenvalue weighted by Crippen LogP contribution is 2.24. The summed E-state index contributed by atoms with van der Waals surface area (Å²) in [6, 6.07) is 7.30. The van der Waals surface area contributed by atoms with Crippen molar-refractivity contribution in [2.24, 2.45) is 7.05 Å². The molecule has 1 aromatic heterocycles. The topological polar surface area (TPSA) is 64.4 Å². The standard InChI is InChI=1S/C17H18BrN3O3/c1-3-24-17(23)15-13-10-21(8-7-14(13)20(2)19-15)16(22)11-5-4-6-12(18)9-11/h4-6,9H,3,7-8,10H2,1-2H3. The molecule has 7 heteroatoms. The second kappa shape index (κ2) is 6.76. The van der Waals surface area contributed by atoms with Crippen LogP contribution in [-0.2, 0) is 24.8 Å². The highest BCUT2D eigenvalue weighted by atomic mass is 79.9. The molecule has 0 saturated carbocycles. The van der Waals surface area contributed by atoms with E-state index in [1.54, 1.807) is 28.6 Å². The molecular formula is C17H18BrN3O3. The van der Waals surface area contributed by atoms with Gasteiger partial charge in [-0.1, -0.05) is 22.0 Å². The molecule has 24 heavy (non-hydrogen) atoms. The van der Waals surface area contributed by atoms with E-state index in [0.717, 1.165) is 15.7 Å². The zero-order valence-corrected chi connectivity index (χ0v) is 15.2. The molecule has 2 heterocycles. The van der Waals surface area contributed by atoms with Gasteiger partial charge in [0.1, 0.15) is 0 Å². The fraction of sp³-hybridized carbons (Fsp3) is 0.353.